The fraction of sp³-hybridized carbons (Fsp3) is 0.571. The Morgan fingerprint density at radius 3 is 2.36 bits per heavy atom. The molecule has 0 unspecified atom stereocenters. The third-order valence-electron chi connectivity index (χ3n) is 3.75. The molecule has 1 N–H and O–H groups in total. The standard InChI is InChI=1S/C14H21N3O4S/c18-17(19)13-5-7-14(8-6-13)22(20,21)15-9-4-12-16-10-2-1-3-11-16/h5-8,15H,1-4,9-12H2. The van der Waals surface area contributed by atoms with Crippen molar-refractivity contribution in [2.24, 2.45) is 0 Å². The molecule has 0 aliphatic carbocycles. The van der Waals surface area contributed by atoms with E-state index in [2.05, 4.69) is 9.62 Å². The van der Waals surface area contributed by atoms with Crippen LogP contribution in [0, 0.1) is 10.1 Å². The topological polar surface area (TPSA) is 92.5 Å². The monoisotopic (exact) mass is 327 g/mol. The number of nitrogens with one attached hydrogen (secondary N) is 1. The minimum absolute atomic E-state index is 0.0519. The lowest BCUT2D eigenvalue weighted by atomic mass is 10.1. The first kappa shape index (κ1) is 16.9. The number of hydrogen-bond donors (Lipinski definition) is 1. The second kappa shape index (κ2) is 7.66. The maximum atomic E-state index is 12.1. The van der Waals surface area contributed by atoms with Gasteiger partial charge in [-0.1, -0.05) is 6.42 Å². The van der Waals surface area contributed by atoms with Crippen LogP contribution in [-0.2, 0) is 10.0 Å². The summed E-state index contributed by atoms with van der Waals surface area (Å²) < 4.78 is 26.7. The van der Waals surface area contributed by atoms with E-state index in [0.29, 0.717) is 6.54 Å². The van der Waals surface area contributed by atoms with Gasteiger partial charge in [-0.2, -0.15) is 0 Å². The summed E-state index contributed by atoms with van der Waals surface area (Å²) in [5.74, 6) is 0. The first-order valence-corrected chi connectivity index (χ1v) is 8.94. The number of benzene rings is 1. The number of rotatable bonds is 7. The van der Waals surface area contributed by atoms with Crippen molar-refractivity contribution < 1.29 is 13.3 Å². The number of nitro groups is 1. The zero-order valence-electron chi connectivity index (χ0n) is 12.4. The smallest absolute Gasteiger partial charge is 0.269 e. The molecule has 0 saturated carbocycles. The third kappa shape index (κ3) is 4.75. The van der Waals surface area contributed by atoms with Crippen LogP contribution >= 0.6 is 0 Å². The number of likely N-dealkylation sites (tertiary alicyclic amines) is 1. The van der Waals surface area contributed by atoms with Crippen LogP contribution in [-0.4, -0.2) is 44.4 Å². The Hall–Kier alpha value is -1.51. The number of piperidine rings is 1. The molecule has 7 nitrogen and oxygen atoms in total. The molecule has 0 radical (unpaired) electrons. The molecule has 0 amide bonds. The number of nitro benzene ring substituents is 1. The van der Waals surface area contributed by atoms with Crippen molar-refractivity contribution in [3.63, 3.8) is 0 Å². The summed E-state index contributed by atoms with van der Waals surface area (Å²) in [6, 6.07) is 4.90. The van der Waals surface area contributed by atoms with E-state index in [4.69, 9.17) is 0 Å². The van der Waals surface area contributed by atoms with E-state index in [9.17, 15) is 18.5 Å². The summed E-state index contributed by atoms with van der Waals surface area (Å²) >= 11 is 0. The Morgan fingerprint density at radius 2 is 1.77 bits per heavy atom. The average Bonchev–Trinajstić information content (AvgIpc) is 2.53. The molecule has 122 valence electrons. The summed E-state index contributed by atoms with van der Waals surface area (Å²) in [6.07, 6.45) is 4.47. The van der Waals surface area contributed by atoms with Gasteiger partial charge in [-0.05, 0) is 51.0 Å². The van der Waals surface area contributed by atoms with E-state index in [1.165, 1.54) is 43.5 Å². The summed E-state index contributed by atoms with van der Waals surface area (Å²) in [5, 5.41) is 10.6. The van der Waals surface area contributed by atoms with Gasteiger partial charge in [0.25, 0.3) is 5.69 Å². The van der Waals surface area contributed by atoms with Crippen molar-refractivity contribution >= 4 is 15.7 Å². The van der Waals surface area contributed by atoms with Crippen LogP contribution in [0.25, 0.3) is 0 Å². The van der Waals surface area contributed by atoms with Crippen LogP contribution in [0.2, 0.25) is 0 Å². The number of non-ortho nitro benzene ring substituents is 1. The molecule has 0 bridgehead atoms. The quantitative estimate of drug-likeness (QED) is 0.468. The maximum Gasteiger partial charge on any atom is 0.269 e. The van der Waals surface area contributed by atoms with Crippen LogP contribution < -0.4 is 4.72 Å². The van der Waals surface area contributed by atoms with Gasteiger partial charge >= 0.3 is 0 Å². The van der Waals surface area contributed by atoms with Crippen molar-refractivity contribution in [1.82, 2.24) is 9.62 Å². The Labute approximate surface area is 130 Å². The molecule has 1 aliphatic heterocycles. The molecule has 8 heteroatoms. The maximum absolute atomic E-state index is 12.1. The van der Waals surface area contributed by atoms with Gasteiger partial charge in [-0.3, -0.25) is 10.1 Å². The highest BCUT2D eigenvalue weighted by atomic mass is 32.2. The molecule has 0 aromatic heterocycles. The van der Waals surface area contributed by atoms with Crippen molar-refractivity contribution in [2.45, 2.75) is 30.6 Å². The van der Waals surface area contributed by atoms with Crippen LogP contribution in [0.1, 0.15) is 25.7 Å². The second-order valence-corrected chi connectivity index (χ2v) is 7.17. The van der Waals surface area contributed by atoms with Crippen molar-refractivity contribution in [3.8, 4) is 0 Å². The molecule has 22 heavy (non-hydrogen) atoms. The Morgan fingerprint density at radius 1 is 1.14 bits per heavy atom. The molecule has 1 heterocycles. The lowest BCUT2D eigenvalue weighted by molar-refractivity contribution is -0.384. The van der Waals surface area contributed by atoms with Gasteiger partial charge in [0.15, 0.2) is 0 Å². The van der Waals surface area contributed by atoms with E-state index in [1.54, 1.807) is 0 Å². The van der Waals surface area contributed by atoms with E-state index < -0.39 is 14.9 Å². The number of nitrogens with zero attached hydrogens (tertiary/aromatic N) is 2. The van der Waals surface area contributed by atoms with Gasteiger partial charge in [0, 0.05) is 18.7 Å². The van der Waals surface area contributed by atoms with Gasteiger partial charge in [0.05, 0.1) is 9.82 Å². The highest BCUT2D eigenvalue weighted by molar-refractivity contribution is 7.89. The predicted molar refractivity (Wildman–Crippen MR) is 83.2 cm³/mol. The summed E-state index contributed by atoms with van der Waals surface area (Å²) in [6.45, 7) is 3.45. The highest BCUT2D eigenvalue weighted by Crippen LogP contribution is 2.15. The molecule has 1 aliphatic rings. The largest absolute Gasteiger partial charge is 0.303 e. The van der Waals surface area contributed by atoms with Gasteiger partial charge in [-0.15, -0.1) is 0 Å². The Balaban J connectivity index is 1.81. The number of hydrogen-bond acceptors (Lipinski definition) is 5. The van der Waals surface area contributed by atoms with Crippen LogP contribution in [0.15, 0.2) is 29.2 Å². The predicted octanol–water partition coefficient (Wildman–Crippen LogP) is 1.75. The SMILES string of the molecule is O=[N+]([O-])c1ccc(S(=O)(=O)NCCCN2CCCCC2)cc1. The lowest BCUT2D eigenvalue weighted by Gasteiger charge is -2.26. The Bertz CT molecular complexity index is 595. The van der Waals surface area contributed by atoms with Crippen LogP contribution in [0.4, 0.5) is 5.69 Å². The molecule has 0 spiro atoms. The molecular formula is C14H21N3O4S. The molecule has 1 aromatic rings. The van der Waals surface area contributed by atoms with E-state index in [1.807, 2.05) is 0 Å². The minimum Gasteiger partial charge on any atom is -0.303 e. The van der Waals surface area contributed by atoms with Gasteiger partial charge < -0.3 is 4.90 Å². The van der Waals surface area contributed by atoms with Gasteiger partial charge in [0.1, 0.15) is 0 Å². The molecule has 0 atom stereocenters. The summed E-state index contributed by atoms with van der Waals surface area (Å²) in [7, 11) is -3.60. The normalized spacial score (nSPS) is 16.5. The van der Waals surface area contributed by atoms with Gasteiger partial charge in [0.2, 0.25) is 10.0 Å². The van der Waals surface area contributed by atoms with Crippen LogP contribution in [0.3, 0.4) is 0 Å². The number of sulfonamides is 1. The first-order valence-electron chi connectivity index (χ1n) is 7.45. The minimum atomic E-state index is -3.60. The summed E-state index contributed by atoms with van der Waals surface area (Å²) in [4.78, 5) is 12.4. The average molecular weight is 327 g/mol. The fourth-order valence-corrected chi connectivity index (χ4v) is 3.60. The first-order chi connectivity index (χ1) is 10.5. The van der Waals surface area contributed by atoms with Crippen molar-refractivity contribution in [3.05, 3.63) is 34.4 Å². The van der Waals surface area contributed by atoms with E-state index in [-0.39, 0.29) is 10.6 Å². The van der Waals surface area contributed by atoms with Crippen molar-refractivity contribution in [1.29, 1.82) is 0 Å². The zero-order valence-corrected chi connectivity index (χ0v) is 13.2. The molecule has 1 aromatic carbocycles. The van der Waals surface area contributed by atoms with E-state index in [0.717, 1.165) is 26.1 Å². The molecule has 1 fully saturated rings. The molecule has 2 rings (SSSR count). The van der Waals surface area contributed by atoms with Crippen LogP contribution in [0.5, 0.6) is 0 Å². The molecular weight excluding hydrogens is 306 g/mol. The zero-order chi connectivity index (χ0) is 16.0. The highest BCUT2D eigenvalue weighted by Gasteiger charge is 2.15. The molecule has 1 saturated heterocycles. The van der Waals surface area contributed by atoms with E-state index >= 15 is 0 Å². The fourth-order valence-electron chi connectivity index (χ4n) is 2.52. The Kier molecular flexibility index (Phi) is 5.87. The third-order valence-corrected chi connectivity index (χ3v) is 5.23. The summed E-state index contributed by atoms with van der Waals surface area (Å²) in [5.41, 5.74) is -0.121. The van der Waals surface area contributed by atoms with Crippen molar-refractivity contribution in [2.75, 3.05) is 26.2 Å². The lowest BCUT2D eigenvalue weighted by Crippen LogP contribution is -2.33. The second-order valence-electron chi connectivity index (χ2n) is 5.40. The van der Waals surface area contributed by atoms with Gasteiger partial charge in [-0.25, -0.2) is 13.1 Å².